The average Bonchev–Trinajstić information content (AvgIpc) is 2.23. The van der Waals surface area contributed by atoms with E-state index in [1.165, 1.54) is 6.42 Å². The number of rotatable bonds is 11. The van der Waals surface area contributed by atoms with Crippen LogP contribution in [0.2, 0.25) is 0 Å². The topological polar surface area (TPSA) is 41.9 Å². The summed E-state index contributed by atoms with van der Waals surface area (Å²) in [5.41, 5.74) is 0. The van der Waals surface area contributed by atoms with Crippen LogP contribution in [-0.2, 0) is 9.47 Å². The molecule has 4 heteroatoms. The van der Waals surface area contributed by atoms with Crippen LogP contribution in [0.15, 0.2) is 0 Å². The zero-order valence-corrected chi connectivity index (χ0v) is 11.8. The monoisotopic (exact) mass is 247 g/mol. The van der Waals surface area contributed by atoms with Crippen molar-refractivity contribution < 1.29 is 14.6 Å². The lowest BCUT2D eigenvalue weighted by atomic mass is 10.1. The van der Waals surface area contributed by atoms with Crippen molar-refractivity contribution in [2.24, 2.45) is 5.92 Å². The molecule has 0 spiro atoms. The summed E-state index contributed by atoms with van der Waals surface area (Å²) < 4.78 is 10.7. The molecule has 1 unspecified atom stereocenters. The largest absolute Gasteiger partial charge is 0.388 e. The van der Waals surface area contributed by atoms with Crippen LogP contribution in [0.1, 0.15) is 26.7 Å². The quantitative estimate of drug-likeness (QED) is 0.560. The van der Waals surface area contributed by atoms with E-state index in [0.717, 1.165) is 25.5 Å². The molecule has 0 saturated heterocycles. The molecule has 0 aliphatic heterocycles. The molecule has 0 aromatic carbocycles. The zero-order valence-electron chi connectivity index (χ0n) is 11.8. The highest BCUT2D eigenvalue weighted by Gasteiger charge is 2.04. The van der Waals surface area contributed by atoms with Gasteiger partial charge in [-0.15, -0.1) is 0 Å². The number of hydrogen-bond acceptors (Lipinski definition) is 4. The second-order valence-corrected chi connectivity index (χ2v) is 5.14. The highest BCUT2D eigenvalue weighted by atomic mass is 16.5. The maximum Gasteiger partial charge on any atom is 0.101 e. The number of likely N-dealkylation sites (N-methyl/N-ethyl adjacent to an activating group) is 1. The highest BCUT2D eigenvalue weighted by Crippen LogP contribution is 2.03. The lowest BCUT2D eigenvalue weighted by molar-refractivity contribution is -0.0216. The molecule has 0 rings (SSSR count). The Balaban J connectivity index is 3.20. The summed E-state index contributed by atoms with van der Waals surface area (Å²) in [6, 6.07) is 0. The van der Waals surface area contributed by atoms with Gasteiger partial charge >= 0.3 is 0 Å². The Bertz CT molecular complexity index is 163. The van der Waals surface area contributed by atoms with Crippen molar-refractivity contribution in [2.75, 3.05) is 47.1 Å². The van der Waals surface area contributed by atoms with Gasteiger partial charge < -0.3 is 19.5 Å². The molecular formula is C13H29NO3. The zero-order chi connectivity index (χ0) is 13.1. The molecule has 0 amide bonds. The molecule has 0 radical (unpaired) electrons. The summed E-state index contributed by atoms with van der Waals surface area (Å²) in [4.78, 5) is 2.05. The molecule has 1 N–H and O–H groups in total. The fraction of sp³-hybridized carbons (Fsp3) is 1.00. The van der Waals surface area contributed by atoms with Gasteiger partial charge in [-0.2, -0.15) is 0 Å². The average molecular weight is 247 g/mol. The lowest BCUT2D eigenvalue weighted by Gasteiger charge is -2.14. The minimum Gasteiger partial charge on any atom is -0.388 e. The Morgan fingerprint density at radius 1 is 1.06 bits per heavy atom. The Kier molecular flexibility index (Phi) is 10.9. The predicted molar refractivity (Wildman–Crippen MR) is 70.3 cm³/mol. The van der Waals surface area contributed by atoms with E-state index in [2.05, 4.69) is 18.7 Å². The predicted octanol–water partition coefficient (Wildman–Crippen LogP) is 1.38. The Morgan fingerprint density at radius 3 is 2.18 bits per heavy atom. The third kappa shape index (κ3) is 13.8. The van der Waals surface area contributed by atoms with Gasteiger partial charge in [0.25, 0.3) is 0 Å². The highest BCUT2D eigenvalue weighted by molar-refractivity contribution is 4.52. The number of ether oxygens (including phenoxy) is 2. The minimum absolute atomic E-state index is 0.359. The summed E-state index contributed by atoms with van der Waals surface area (Å²) in [7, 11) is 4.00. The molecule has 0 aromatic rings. The number of nitrogens with zero attached hydrogens (tertiary/aromatic N) is 1. The first kappa shape index (κ1) is 16.8. The van der Waals surface area contributed by atoms with Crippen LogP contribution in [-0.4, -0.2) is 63.2 Å². The molecular weight excluding hydrogens is 218 g/mol. The third-order valence-electron chi connectivity index (χ3n) is 2.37. The van der Waals surface area contributed by atoms with Crippen molar-refractivity contribution in [1.82, 2.24) is 4.90 Å². The molecule has 0 heterocycles. The van der Waals surface area contributed by atoms with Gasteiger partial charge in [-0.3, -0.25) is 0 Å². The molecule has 0 aliphatic rings. The first-order valence-corrected chi connectivity index (χ1v) is 6.50. The molecule has 0 bridgehead atoms. The third-order valence-corrected chi connectivity index (χ3v) is 2.37. The van der Waals surface area contributed by atoms with E-state index in [4.69, 9.17) is 9.47 Å². The van der Waals surface area contributed by atoms with Gasteiger partial charge in [0.15, 0.2) is 0 Å². The van der Waals surface area contributed by atoms with E-state index < -0.39 is 6.10 Å². The molecule has 0 fully saturated rings. The fourth-order valence-electron chi connectivity index (χ4n) is 1.33. The van der Waals surface area contributed by atoms with Crippen molar-refractivity contribution in [3.63, 3.8) is 0 Å². The van der Waals surface area contributed by atoms with Crippen molar-refractivity contribution in [3.05, 3.63) is 0 Å². The maximum atomic E-state index is 9.56. The number of aliphatic hydroxyl groups excluding tert-OH is 1. The van der Waals surface area contributed by atoms with Crippen LogP contribution in [0.5, 0.6) is 0 Å². The van der Waals surface area contributed by atoms with Crippen molar-refractivity contribution in [3.8, 4) is 0 Å². The van der Waals surface area contributed by atoms with Gasteiger partial charge in [-0.05, 0) is 32.9 Å². The summed E-state index contributed by atoms with van der Waals surface area (Å²) in [5.74, 6) is 0.720. The Hall–Kier alpha value is -0.160. The van der Waals surface area contributed by atoms with Crippen molar-refractivity contribution >= 4 is 0 Å². The molecule has 0 aliphatic carbocycles. The first-order chi connectivity index (χ1) is 8.02. The summed E-state index contributed by atoms with van der Waals surface area (Å²) in [5, 5.41) is 9.56. The van der Waals surface area contributed by atoms with Crippen LogP contribution in [0.3, 0.4) is 0 Å². The van der Waals surface area contributed by atoms with E-state index in [-0.39, 0.29) is 0 Å². The molecule has 104 valence electrons. The molecule has 0 saturated carbocycles. The maximum absolute atomic E-state index is 9.56. The van der Waals surface area contributed by atoms with Crippen LogP contribution in [0, 0.1) is 5.92 Å². The summed E-state index contributed by atoms with van der Waals surface area (Å²) in [6.45, 7) is 7.39. The van der Waals surface area contributed by atoms with Gasteiger partial charge in [0.2, 0.25) is 0 Å². The van der Waals surface area contributed by atoms with Crippen molar-refractivity contribution in [2.45, 2.75) is 32.8 Å². The normalized spacial score (nSPS) is 13.6. The van der Waals surface area contributed by atoms with E-state index >= 15 is 0 Å². The van der Waals surface area contributed by atoms with Gasteiger partial charge in [0.1, 0.15) is 6.10 Å². The van der Waals surface area contributed by atoms with Gasteiger partial charge in [0, 0.05) is 13.2 Å². The van der Waals surface area contributed by atoms with Gasteiger partial charge in [0.05, 0.1) is 19.8 Å². The van der Waals surface area contributed by atoms with Gasteiger partial charge in [-0.1, -0.05) is 13.8 Å². The fourth-order valence-corrected chi connectivity index (χ4v) is 1.33. The second-order valence-electron chi connectivity index (χ2n) is 5.14. The summed E-state index contributed by atoms with van der Waals surface area (Å²) >= 11 is 0. The SMILES string of the molecule is CC(C)CCCOCC(O)COCCN(C)C. The lowest BCUT2D eigenvalue weighted by Crippen LogP contribution is -2.25. The first-order valence-electron chi connectivity index (χ1n) is 6.50. The van der Waals surface area contributed by atoms with E-state index in [1.807, 2.05) is 14.1 Å². The molecule has 0 aromatic heterocycles. The van der Waals surface area contributed by atoms with Crippen LogP contribution in [0.25, 0.3) is 0 Å². The standard InChI is InChI=1S/C13H29NO3/c1-12(2)6-5-8-16-10-13(15)11-17-9-7-14(3)4/h12-13,15H,5-11H2,1-4H3. The number of aliphatic hydroxyl groups is 1. The molecule has 4 nitrogen and oxygen atoms in total. The minimum atomic E-state index is -0.504. The van der Waals surface area contributed by atoms with E-state index in [0.29, 0.717) is 19.8 Å². The van der Waals surface area contributed by atoms with Crippen LogP contribution < -0.4 is 0 Å². The van der Waals surface area contributed by atoms with E-state index in [9.17, 15) is 5.11 Å². The Labute approximate surface area is 106 Å². The van der Waals surface area contributed by atoms with Gasteiger partial charge in [-0.25, -0.2) is 0 Å². The van der Waals surface area contributed by atoms with Crippen molar-refractivity contribution in [1.29, 1.82) is 0 Å². The summed E-state index contributed by atoms with van der Waals surface area (Å²) in [6.07, 6.45) is 1.73. The van der Waals surface area contributed by atoms with E-state index in [1.54, 1.807) is 0 Å². The number of hydrogen-bond donors (Lipinski definition) is 1. The molecule has 1 atom stereocenters. The molecule has 17 heavy (non-hydrogen) atoms. The smallest absolute Gasteiger partial charge is 0.101 e. The van der Waals surface area contributed by atoms with Crippen LogP contribution >= 0.6 is 0 Å². The second kappa shape index (κ2) is 11.0. The Morgan fingerprint density at radius 2 is 1.65 bits per heavy atom. The van der Waals surface area contributed by atoms with Crippen LogP contribution in [0.4, 0.5) is 0 Å².